The fraction of sp³-hybridized carbons (Fsp3) is 0.600. The maximum atomic E-state index is 13.0. The summed E-state index contributed by atoms with van der Waals surface area (Å²) in [5, 5.41) is 13.3. The zero-order chi connectivity index (χ0) is 21.9. The molecule has 0 bridgehead atoms. The quantitative estimate of drug-likeness (QED) is 0.240. The van der Waals surface area contributed by atoms with Crippen molar-refractivity contribution in [3.8, 4) is 11.5 Å². The number of carbonyl (C=O) groups is 2. The van der Waals surface area contributed by atoms with Gasteiger partial charge in [0.25, 0.3) is 0 Å². The standard InChI is InChI=1S/C20H29IN3O6/c1-20(2,3)30-19(27)24(4)12-9-13(17-16(10-12)28-7-8-29-17)18(26)23-21-14-5-6-22-11-15(14)25/h9-10,14-15,22,25H,5-8,11H2,1-4H3,(H,23,26)/q-1/t14-,15-/m1/s1. The normalized spacial score (nSPS) is 21.1. The van der Waals surface area contributed by atoms with Crippen molar-refractivity contribution in [1.82, 2.24) is 8.85 Å². The molecule has 10 heteroatoms. The molecule has 0 radical (unpaired) electrons. The summed E-state index contributed by atoms with van der Waals surface area (Å²) in [6, 6.07) is 3.27. The molecule has 2 amide bonds. The first-order valence-electron chi connectivity index (χ1n) is 9.87. The van der Waals surface area contributed by atoms with Crippen molar-refractivity contribution in [2.24, 2.45) is 0 Å². The van der Waals surface area contributed by atoms with Crippen LogP contribution in [0.1, 0.15) is 37.6 Å². The Bertz CT molecular complexity index is 797. The monoisotopic (exact) mass is 534 g/mol. The number of rotatable bonds is 4. The van der Waals surface area contributed by atoms with E-state index in [1.54, 1.807) is 40.0 Å². The summed E-state index contributed by atoms with van der Waals surface area (Å²) < 4.78 is 19.9. The van der Waals surface area contributed by atoms with E-state index in [4.69, 9.17) is 14.2 Å². The van der Waals surface area contributed by atoms with E-state index in [1.807, 2.05) is 0 Å². The third kappa shape index (κ3) is 5.67. The predicted octanol–water partition coefficient (Wildman–Crippen LogP) is -1.71. The third-order valence-electron chi connectivity index (χ3n) is 4.57. The predicted molar refractivity (Wildman–Crippen MR) is 107 cm³/mol. The van der Waals surface area contributed by atoms with Crippen LogP contribution in [0.25, 0.3) is 0 Å². The zero-order valence-electron chi connectivity index (χ0n) is 17.7. The van der Waals surface area contributed by atoms with Crippen LogP contribution in [-0.2, 0) is 4.74 Å². The average Bonchev–Trinajstić information content (AvgIpc) is 2.70. The number of ether oxygens (including phenoxy) is 3. The van der Waals surface area contributed by atoms with Crippen LogP contribution in [0.4, 0.5) is 10.5 Å². The van der Waals surface area contributed by atoms with Crippen molar-refractivity contribution < 1.29 is 50.4 Å². The summed E-state index contributed by atoms with van der Waals surface area (Å²) in [4.78, 5) is 26.8. The number of alkyl halides is 1. The van der Waals surface area contributed by atoms with Crippen LogP contribution in [-0.4, -0.2) is 66.1 Å². The third-order valence-corrected chi connectivity index (χ3v) is 7.63. The van der Waals surface area contributed by atoms with Crippen molar-refractivity contribution in [2.75, 3.05) is 38.3 Å². The second-order valence-corrected chi connectivity index (χ2v) is 10.9. The number of anilines is 1. The van der Waals surface area contributed by atoms with Crippen molar-refractivity contribution in [3.63, 3.8) is 0 Å². The number of hydrogen-bond donors (Lipinski definition) is 3. The molecule has 1 aromatic carbocycles. The van der Waals surface area contributed by atoms with E-state index >= 15 is 0 Å². The van der Waals surface area contributed by atoms with Gasteiger partial charge in [0.05, 0.1) is 0 Å². The molecule has 1 aromatic rings. The molecule has 9 nitrogen and oxygen atoms in total. The fourth-order valence-corrected chi connectivity index (χ4v) is 5.31. The summed E-state index contributed by atoms with van der Waals surface area (Å²) in [5.41, 5.74) is 0.138. The van der Waals surface area contributed by atoms with Gasteiger partial charge in [-0.25, -0.2) is 0 Å². The minimum absolute atomic E-state index is 0.0922. The van der Waals surface area contributed by atoms with Crippen LogP contribution < -0.4 is 44.7 Å². The van der Waals surface area contributed by atoms with Crippen molar-refractivity contribution >= 4 is 17.7 Å². The van der Waals surface area contributed by atoms with Gasteiger partial charge in [0.1, 0.15) is 0 Å². The summed E-state index contributed by atoms with van der Waals surface area (Å²) in [6.07, 6.45) is -0.158. The molecule has 0 aliphatic carbocycles. The minimum atomic E-state index is -0.766. The van der Waals surface area contributed by atoms with E-state index in [0.717, 1.165) is 13.0 Å². The Morgan fingerprint density at radius 3 is 2.73 bits per heavy atom. The van der Waals surface area contributed by atoms with Crippen LogP contribution >= 0.6 is 0 Å². The van der Waals surface area contributed by atoms with Crippen LogP contribution in [0.5, 0.6) is 11.5 Å². The number of amides is 2. The molecule has 30 heavy (non-hydrogen) atoms. The SMILES string of the molecule is CN(C(=O)OC(C)(C)C)c1cc2c(c(C(=O)N[I-][C@@H]3CCNC[C@H]3O)c1)OCCO2. The first-order chi connectivity index (χ1) is 14.2. The molecule has 168 valence electrons. The average molecular weight is 534 g/mol. The zero-order valence-corrected chi connectivity index (χ0v) is 19.8. The Morgan fingerprint density at radius 1 is 1.30 bits per heavy atom. The van der Waals surface area contributed by atoms with Crippen molar-refractivity contribution in [3.05, 3.63) is 17.7 Å². The van der Waals surface area contributed by atoms with Gasteiger partial charge in [-0.1, -0.05) is 0 Å². The van der Waals surface area contributed by atoms with Gasteiger partial charge in [-0.2, -0.15) is 0 Å². The summed E-state index contributed by atoms with van der Waals surface area (Å²) in [6.45, 7) is 7.46. The Kier molecular flexibility index (Phi) is 7.30. The Hall–Kier alpha value is -1.79. The molecule has 2 heterocycles. The van der Waals surface area contributed by atoms with Gasteiger partial charge < -0.3 is 0 Å². The van der Waals surface area contributed by atoms with E-state index in [-0.39, 0.29) is 9.83 Å². The number of β-amino-alcohol motifs (C(OH)–C–C–N with tert-alkyl or cyclic N) is 1. The molecule has 0 saturated carbocycles. The second-order valence-electron chi connectivity index (χ2n) is 8.17. The van der Waals surface area contributed by atoms with Crippen LogP contribution in [0.15, 0.2) is 12.1 Å². The maximum absolute atomic E-state index is 13.0. The molecule has 1 fully saturated rings. The van der Waals surface area contributed by atoms with Gasteiger partial charge in [-0.3, -0.25) is 0 Å². The van der Waals surface area contributed by atoms with E-state index in [1.165, 1.54) is 4.90 Å². The molecule has 2 aliphatic rings. The summed E-state index contributed by atoms with van der Waals surface area (Å²) in [7, 11) is 1.58. The van der Waals surface area contributed by atoms with Crippen molar-refractivity contribution in [1.29, 1.82) is 0 Å². The molecule has 3 rings (SSSR count). The number of nitrogens with zero attached hydrogens (tertiary/aromatic N) is 1. The van der Waals surface area contributed by atoms with Crippen molar-refractivity contribution in [2.45, 2.75) is 42.8 Å². The molecule has 0 aromatic heterocycles. The van der Waals surface area contributed by atoms with Gasteiger partial charge in [0.2, 0.25) is 0 Å². The first kappa shape index (κ1) is 22.9. The fourth-order valence-electron chi connectivity index (χ4n) is 3.05. The number of piperidine rings is 1. The topological polar surface area (TPSA) is 109 Å². The van der Waals surface area contributed by atoms with E-state index in [0.29, 0.717) is 42.5 Å². The van der Waals surface area contributed by atoms with Gasteiger partial charge in [0, 0.05) is 0 Å². The van der Waals surface area contributed by atoms with E-state index < -0.39 is 39.3 Å². The number of fused-ring (bicyclic) bond motifs is 1. The molecule has 0 unspecified atom stereocenters. The number of benzene rings is 1. The van der Waals surface area contributed by atoms with Crippen LogP contribution in [0.2, 0.25) is 0 Å². The molecular weight excluding hydrogens is 505 g/mol. The molecule has 2 atom stereocenters. The number of aliphatic hydroxyl groups excluding tert-OH is 1. The molecule has 2 aliphatic heterocycles. The molecule has 0 spiro atoms. The van der Waals surface area contributed by atoms with Crippen LogP contribution in [0.3, 0.4) is 0 Å². The van der Waals surface area contributed by atoms with E-state index in [2.05, 4.69) is 8.85 Å². The molecular formula is C20H29IN3O6-. The molecule has 1 saturated heterocycles. The van der Waals surface area contributed by atoms with Gasteiger partial charge in [-0.15, -0.1) is 0 Å². The van der Waals surface area contributed by atoms with Crippen LogP contribution in [0, 0.1) is 0 Å². The van der Waals surface area contributed by atoms with Gasteiger partial charge >= 0.3 is 187 Å². The van der Waals surface area contributed by atoms with E-state index in [9.17, 15) is 14.7 Å². The Balaban J connectivity index is 1.81. The number of halogens is 1. The Morgan fingerprint density at radius 2 is 2.03 bits per heavy atom. The molecule has 3 N–H and O–H groups in total. The van der Waals surface area contributed by atoms with Gasteiger partial charge in [0.15, 0.2) is 0 Å². The Labute approximate surface area is 187 Å². The number of aliphatic hydroxyl groups is 1. The first-order valence-corrected chi connectivity index (χ1v) is 12.2. The number of hydrogen-bond acceptors (Lipinski definition) is 7. The number of carbonyl (C=O) groups excluding carboxylic acids is 2. The second kappa shape index (κ2) is 9.56. The summed E-state index contributed by atoms with van der Waals surface area (Å²) in [5.74, 6) is 0.490. The number of nitrogens with one attached hydrogen (secondary N) is 2. The summed E-state index contributed by atoms with van der Waals surface area (Å²) >= 11 is -0.766. The van der Waals surface area contributed by atoms with Gasteiger partial charge in [-0.05, 0) is 0 Å².